The molecule has 2 N–H and O–H groups in total. The molecule has 1 amide bonds. The summed E-state index contributed by atoms with van der Waals surface area (Å²) in [5.41, 5.74) is 1.90. The van der Waals surface area contributed by atoms with Gasteiger partial charge >= 0.3 is 0 Å². The number of carbonyl (C=O) groups is 1. The van der Waals surface area contributed by atoms with Gasteiger partial charge in [0, 0.05) is 40.1 Å². The zero-order valence-corrected chi connectivity index (χ0v) is 17.9. The number of rotatable bonds is 8. The maximum Gasteiger partial charge on any atom is 0.231 e. The first-order chi connectivity index (χ1) is 15.9. The van der Waals surface area contributed by atoms with Crippen LogP contribution in [0.25, 0.3) is 16.9 Å². The number of hydrogen-bond donors (Lipinski definition) is 2. The van der Waals surface area contributed by atoms with Crippen LogP contribution in [-0.2, 0) is 9.53 Å². The zero-order chi connectivity index (χ0) is 23.4. The molecule has 33 heavy (non-hydrogen) atoms. The third kappa shape index (κ3) is 5.09. The highest BCUT2D eigenvalue weighted by Crippen LogP contribution is 2.27. The average Bonchev–Trinajstić information content (AvgIpc) is 3.21. The molecular weight excluding hydrogens is 432 g/mol. The van der Waals surface area contributed by atoms with Crippen molar-refractivity contribution in [2.24, 2.45) is 0 Å². The van der Waals surface area contributed by atoms with Crippen molar-refractivity contribution in [1.29, 1.82) is 0 Å². The molecule has 4 aromatic rings. The smallest absolute Gasteiger partial charge is 0.231 e. The summed E-state index contributed by atoms with van der Waals surface area (Å²) in [5, 5.41) is 10.0. The highest BCUT2D eigenvalue weighted by molar-refractivity contribution is 5.89. The Hall–Kier alpha value is -3.99. The fourth-order valence-electron chi connectivity index (χ4n) is 3.26. The van der Waals surface area contributed by atoms with Gasteiger partial charge in [0.1, 0.15) is 17.5 Å². The van der Waals surface area contributed by atoms with Crippen molar-refractivity contribution < 1.29 is 21.2 Å². The van der Waals surface area contributed by atoms with Crippen molar-refractivity contribution >= 4 is 23.3 Å². The van der Waals surface area contributed by atoms with E-state index in [-0.39, 0.29) is 33.3 Å². The molecule has 0 aliphatic rings. The molecule has 0 fully saturated rings. The Morgan fingerprint density at radius 2 is 2.12 bits per heavy atom. The van der Waals surface area contributed by atoms with E-state index >= 15 is 0 Å². The molecule has 0 unspecified atom stereocenters. The van der Waals surface area contributed by atoms with Crippen LogP contribution < -0.4 is 10.6 Å². The van der Waals surface area contributed by atoms with Crippen molar-refractivity contribution in [2.75, 3.05) is 24.4 Å². The van der Waals surface area contributed by atoms with Gasteiger partial charge in [0.2, 0.25) is 11.9 Å². The van der Waals surface area contributed by atoms with Gasteiger partial charge in [-0.3, -0.25) is 10.1 Å². The minimum atomic E-state index is -0.677. The molecule has 0 aliphatic carbocycles. The number of anilines is 2. The van der Waals surface area contributed by atoms with Crippen molar-refractivity contribution in [1.82, 2.24) is 24.6 Å². The number of amides is 1. The van der Waals surface area contributed by atoms with Crippen molar-refractivity contribution in [2.45, 2.75) is 19.4 Å². The summed E-state index contributed by atoms with van der Waals surface area (Å²) in [5.74, 6) is -1.28. The topological polar surface area (TPSA) is 106 Å². The second kappa shape index (κ2) is 9.65. The maximum atomic E-state index is 14.2. The summed E-state index contributed by atoms with van der Waals surface area (Å²) in [6.07, 6.45) is 5.11. The Kier molecular flexibility index (Phi) is 6.50. The molecule has 0 bridgehead atoms. The Morgan fingerprint density at radius 1 is 1.27 bits per heavy atom. The number of benzene rings is 1. The van der Waals surface area contributed by atoms with Crippen LogP contribution in [-0.4, -0.2) is 44.2 Å². The van der Waals surface area contributed by atoms with Crippen molar-refractivity contribution in [3.8, 4) is 11.3 Å². The van der Waals surface area contributed by atoms with Crippen molar-refractivity contribution in [3.63, 3.8) is 0 Å². The molecule has 0 aliphatic heterocycles. The van der Waals surface area contributed by atoms with Gasteiger partial charge in [0.15, 0.2) is 5.65 Å². The molecule has 0 saturated carbocycles. The lowest BCUT2D eigenvalue weighted by Gasteiger charge is -2.17. The number of aromatic nitrogens is 5. The van der Waals surface area contributed by atoms with Gasteiger partial charge < -0.3 is 10.1 Å². The number of carbonyl (C=O) groups excluding carboxylic acids is 1. The van der Waals surface area contributed by atoms with Gasteiger partial charge in [-0.25, -0.2) is 23.3 Å². The molecule has 0 spiro atoms. The van der Waals surface area contributed by atoms with Crippen LogP contribution in [0.2, 0.25) is 0 Å². The first kappa shape index (κ1) is 22.2. The largest absolute Gasteiger partial charge is 0.384 e. The second-order valence-corrected chi connectivity index (χ2v) is 7.23. The summed E-state index contributed by atoms with van der Waals surface area (Å²) in [7, 11) is 1.50. The van der Waals surface area contributed by atoms with Crippen molar-refractivity contribution in [3.05, 3.63) is 66.1 Å². The Balaban J connectivity index is 0.00000216. The first-order valence-electron chi connectivity index (χ1n) is 10.1. The third-order valence-electron chi connectivity index (χ3n) is 4.86. The van der Waals surface area contributed by atoms with Crippen LogP contribution in [0.15, 0.2) is 48.9 Å². The van der Waals surface area contributed by atoms with Gasteiger partial charge in [-0.15, -0.1) is 0 Å². The fraction of sp³-hybridized carbons (Fsp3) is 0.227. The molecular formula is C22H25F2N7O2. The highest BCUT2D eigenvalue weighted by atomic mass is 19.1. The Labute approximate surface area is 190 Å². The molecule has 4 rings (SSSR count). The van der Waals surface area contributed by atoms with Gasteiger partial charge in [-0.1, -0.05) is 6.07 Å². The van der Waals surface area contributed by atoms with Gasteiger partial charge in [0.25, 0.3) is 0 Å². The van der Waals surface area contributed by atoms with Gasteiger partial charge in [-0.2, -0.15) is 10.1 Å². The predicted octanol–water partition coefficient (Wildman–Crippen LogP) is 4.10. The molecule has 3 aromatic heterocycles. The van der Waals surface area contributed by atoms with Crippen LogP contribution in [0.1, 0.15) is 27.8 Å². The van der Waals surface area contributed by atoms with E-state index in [0.29, 0.717) is 22.7 Å². The highest BCUT2D eigenvalue weighted by Gasteiger charge is 2.17. The lowest BCUT2D eigenvalue weighted by Crippen LogP contribution is -2.17. The van der Waals surface area contributed by atoms with E-state index in [1.165, 1.54) is 19.2 Å². The Bertz CT molecular complexity index is 1310. The Morgan fingerprint density at radius 3 is 2.91 bits per heavy atom. The zero-order valence-electron chi connectivity index (χ0n) is 17.9. The van der Waals surface area contributed by atoms with E-state index in [1.807, 2.05) is 0 Å². The maximum absolute atomic E-state index is 14.2. The van der Waals surface area contributed by atoms with E-state index in [9.17, 15) is 13.6 Å². The monoisotopic (exact) mass is 457 g/mol. The first-order valence-corrected chi connectivity index (χ1v) is 10.1. The summed E-state index contributed by atoms with van der Waals surface area (Å²) >= 11 is 0. The molecule has 9 nitrogen and oxygen atoms in total. The minimum absolute atomic E-state index is 0. The van der Waals surface area contributed by atoms with E-state index in [2.05, 4.69) is 30.7 Å². The summed E-state index contributed by atoms with van der Waals surface area (Å²) in [4.78, 5) is 25.3. The summed E-state index contributed by atoms with van der Waals surface area (Å²) in [6.45, 7) is 1.96. The lowest BCUT2D eigenvalue weighted by molar-refractivity contribution is -0.117. The molecule has 0 saturated heterocycles. The van der Waals surface area contributed by atoms with Crippen LogP contribution in [0.5, 0.6) is 0 Å². The van der Waals surface area contributed by atoms with E-state index in [0.717, 1.165) is 6.07 Å². The number of halogens is 2. The average molecular weight is 457 g/mol. The van der Waals surface area contributed by atoms with E-state index in [1.54, 1.807) is 42.2 Å². The molecule has 3 heterocycles. The fourth-order valence-corrected chi connectivity index (χ4v) is 3.26. The normalized spacial score (nSPS) is 12.0. The van der Waals surface area contributed by atoms with Crippen LogP contribution in [0.3, 0.4) is 0 Å². The summed E-state index contributed by atoms with van der Waals surface area (Å²) < 4.78 is 34.1. The third-order valence-corrected chi connectivity index (χ3v) is 4.86. The van der Waals surface area contributed by atoms with Gasteiger partial charge in [0.05, 0.1) is 36.5 Å². The van der Waals surface area contributed by atoms with Crippen LogP contribution in [0.4, 0.5) is 20.5 Å². The number of ether oxygens (including phenoxy) is 1. The van der Waals surface area contributed by atoms with E-state index < -0.39 is 17.7 Å². The van der Waals surface area contributed by atoms with Crippen LogP contribution >= 0.6 is 0 Å². The van der Waals surface area contributed by atoms with E-state index in [4.69, 9.17) is 4.74 Å². The lowest BCUT2D eigenvalue weighted by atomic mass is 10.1. The number of hydrogen-bond acceptors (Lipinski definition) is 7. The quantitative estimate of drug-likeness (QED) is 0.410. The minimum Gasteiger partial charge on any atom is -0.384 e. The number of nitrogens with one attached hydrogen (secondary N) is 2. The second-order valence-electron chi connectivity index (χ2n) is 7.23. The molecule has 174 valence electrons. The number of nitrogens with zero attached hydrogens (tertiary/aromatic N) is 5. The summed E-state index contributed by atoms with van der Waals surface area (Å²) in [6, 6.07) is 6.23. The van der Waals surface area contributed by atoms with Gasteiger partial charge in [-0.05, 0) is 19.1 Å². The van der Waals surface area contributed by atoms with Crippen LogP contribution in [0, 0.1) is 11.6 Å². The molecule has 1 aromatic carbocycles. The molecule has 11 heteroatoms. The number of methoxy groups -OCH3 is 1. The number of fused-ring (bicyclic) bond motifs is 1. The standard InChI is InChI=1S/C22H21F2N7O2.2H2/c1-13(15-5-4-14(23)10-17(15)24)27-19-11-18(16-12-26-31-8-3-7-25-21(16)31)28-22(29-19)30-20(32)6-9-33-2;;/h3-5,7-8,10-13H,6,9H2,1-2H3,(H2,27,28,29,30,32);2*1H/t13-;;/m0../s1. The molecule has 1 atom stereocenters. The SMILES string of the molecule is COCCC(=O)Nc1nc(N[C@@H](C)c2ccc(F)cc2F)cc(-c2cnn3cccnc23)n1.[HH].[HH]. The predicted molar refractivity (Wildman–Crippen MR) is 122 cm³/mol. The molecule has 0 radical (unpaired) electrons.